The number of thiol groups is 1. The predicted octanol–water partition coefficient (Wildman–Crippen LogP) is 2.39. The molecule has 18 heavy (non-hydrogen) atoms. The zero-order valence-corrected chi connectivity index (χ0v) is 11.2. The SMILES string of the molecule is CCOC(=O)c1cnn(-c2ccc(Cl)cn2)c1S. The third-order valence-corrected chi connectivity index (χ3v) is 2.82. The van der Waals surface area contributed by atoms with E-state index in [1.165, 1.54) is 17.1 Å². The second kappa shape index (κ2) is 5.41. The summed E-state index contributed by atoms with van der Waals surface area (Å²) in [6, 6.07) is 3.37. The smallest absolute Gasteiger partial charge is 0.342 e. The second-order valence-electron chi connectivity index (χ2n) is 3.35. The molecule has 0 spiro atoms. The molecule has 0 fully saturated rings. The first-order valence-electron chi connectivity index (χ1n) is 5.19. The standard InChI is InChI=1S/C11H10ClN3O2S/c1-2-17-11(16)8-6-14-15(10(8)18)9-4-3-7(12)5-13-9/h3-6,18H,2H2,1H3. The number of ether oxygens (including phenoxy) is 1. The zero-order valence-electron chi connectivity index (χ0n) is 9.50. The van der Waals surface area contributed by atoms with Crippen molar-refractivity contribution in [2.75, 3.05) is 6.61 Å². The minimum Gasteiger partial charge on any atom is -0.462 e. The number of pyridine rings is 1. The van der Waals surface area contributed by atoms with E-state index in [-0.39, 0.29) is 0 Å². The summed E-state index contributed by atoms with van der Waals surface area (Å²) in [5.74, 6) is 0.0719. The fraction of sp³-hybridized carbons (Fsp3) is 0.182. The Morgan fingerprint density at radius 1 is 1.50 bits per heavy atom. The van der Waals surface area contributed by atoms with Crippen LogP contribution in [-0.2, 0) is 4.74 Å². The highest BCUT2D eigenvalue weighted by atomic mass is 35.5. The maximum absolute atomic E-state index is 11.6. The lowest BCUT2D eigenvalue weighted by atomic mass is 10.4. The Balaban J connectivity index is 2.36. The van der Waals surface area contributed by atoms with E-state index in [9.17, 15) is 4.79 Å². The van der Waals surface area contributed by atoms with Crippen molar-refractivity contribution in [1.82, 2.24) is 14.8 Å². The van der Waals surface area contributed by atoms with Crippen molar-refractivity contribution in [2.24, 2.45) is 0 Å². The Bertz CT molecular complexity index is 568. The average molecular weight is 284 g/mol. The Morgan fingerprint density at radius 3 is 2.89 bits per heavy atom. The third-order valence-electron chi connectivity index (χ3n) is 2.17. The Morgan fingerprint density at radius 2 is 2.28 bits per heavy atom. The van der Waals surface area contributed by atoms with Gasteiger partial charge in [0.15, 0.2) is 5.82 Å². The van der Waals surface area contributed by atoms with E-state index in [0.717, 1.165) is 0 Å². The number of carbonyl (C=O) groups excluding carboxylic acids is 1. The molecule has 2 aromatic rings. The van der Waals surface area contributed by atoms with Gasteiger partial charge in [-0.1, -0.05) is 11.6 Å². The molecule has 94 valence electrons. The largest absolute Gasteiger partial charge is 0.462 e. The minimum absolute atomic E-state index is 0.302. The fourth-order valence-electron chi connectivity index (χ4n) is 1.36. The summed E-state index contributed by atoms with van der Waals surface area (Å²) >= 11 is 10.0. The number of nitrogens with zero attached hydrogens (tertiary/aromatic N) is 3. The summed E-state index contributed by atoms with van der Waals surface area (Å²) in [7, 11) is 0. The number of esters is 1. The van der Waals surface area contributed by atoms with Gasteiger partial charge in [0.2, 0.25) is 0 Å². The maximum atomic E-state index is 11.6. The van der Waals surface area contributed by atoms with Crippen LogP contribution in [0.3, 0.4) is 0 Å². The van der Waals surface area contributed by atoms with Crippen LogP contribution < -0.4 is 0 Å². The number of hydrogen-bond donors (Lipinski definition) is 1. The van der Waals surface area contributed by atoms with E-state index in [1.54, 1.807) is 19.1 Å². The zero-order chi connectivity index (χ0) is 13.1. The van der Waals surface area contributed by atoms with Crippen LogP contribution >= 0.6 is 24.2 Å². The quantitative estimate of drug-likeness (QED) is 0.694. The molecule has 0 amide bonds. The van der Waals surface area contributed by atoms with E-state index in [1.807, 2.05) is 0 Å². The molecule has 0 aliphatic rings. The first-order chi connectivity index (χ1) is 8.63. The molecular weight excluding hydrogens is 274 g/mol. The molecule has 2 heterocycles. The Kier molecular flexibility index (Phi) is 3.88. The average Bonchev–Trinajstić information content (AvgIpc) is 2.73. The number of halogens is 1. The fourth-order valence-corrected chi connectivity index (χ4v) is 1.77. The monoisotopic (exact) mass is 283 g/mol. The van der Waals surface area contributed by atoms with Crippen LogP contribution in [0.4, 0.5) is 0 Å². The first-order valence-corrected chi connectivity index (χ1v) is 6.02. The molecule has 0 aromatic carbocycles. The number of carbonyl (C=O) groups is 1. The first kappa shape index (κ1) is 12.9. The molecule has 0 radical (unpaired) electrons. The molecule has 5 nitrogen and oxygen atoms in total. The van der Waals surface area contributed by atoms with Crippen molar-refractivity contribution in [2.45, 2.75) is 11.9 Å². The molecule has 0 bridgehead atoms. The lowest BCUT2D eigenvalue weighted by Gasteiger charge is -2.03. The summed E-state index contributed by atoms with van der Waals surface area (Å²) in [6.45, 7) is 2.04. The highest BCUT2D eigenvalue weighted by Gasteiger charge is 2.17. The topological polar surface area (TPSA) is 57.0 Å². The number of hydrogen-bond acceptors (Lipinski definition) is 5. The molecule has 0 aliphatic carbocycles. The molecule has 0 N–H and O–H groups in total. The molecular formula is C11H10ClN3O2S. The molecule has 7 heteroatoms. The molecule has 2 rings (SSSR count). The van der Waals surface area contributed by atoms with Gasteiger partial charge >= 0.3 is 5.97 Å². The van der Waals surface area contributed by atoms with E-state index in [2.05, 4.69) is 22.7 Å². The van der Waals surface area contributed by atoms with E-state index in [0.29, 0.717) is 28.0 Å². The van der Waals surface area contributed by atoms with Crippen LogP contribution in [0.25, 0.3) is 5.82 Å². The molecule has 2 aromatic heterocycles. The Labute approximate surface area is 114 Å². The van der Waals surface area contributed by atoms with Crippen LogP contribution in [-0.4, -0.2) is 27.3 Å². The second-order valence-corrected chi connectivity index (χ2v) is 4.21. The normalized spacial score (nSPS) is 10.4. The molecule has 0 atom stereocenters. The highest BCUT2D eigenvalue weighted by molar-refractivity contribution is 7.80. The van der Waals surface area contributed by atoms with Gasteiger partial charge in [0.05, 0.1) is 17.8 Å². The van der Waals surface area contributed by atoms with Gasteiger partial charge in [0, 0.05) is 6.20 Å². The summed E-state index contributed by atoms with van der Waals surface area (Å²) < 4.78 is 6.33. The molecule has 0 saturated heterocycles. The summed E-state index contributed by atoms with van der Waals surface area (Å²) in [5.41, 5.74) is 0.303. The summed E-state index contributed by atoms with van der Waals surface area (Å²) in [4.78, 5) is 15.7. The van der Waals surface area contributed by atoms with Crippen LogP contribution in [0.5, 0.6) is 0 Å². The minimum atomic E-state index is -0.456. The number of aromatic nitrogens is 3. The lowest BCUT2D eigenvalue weighted by molar-refractivity contribution is 0.0522. The van der Waals surface area contributed by atoms with Gasteiger partial charge in [-0.15, -0.1) is 12.6 Å². The van der Waals surface area contributed by atoms with Crippen LogP contribution in [0, 0.1) is 0 Å². The van der Waals surface area contributed by atoms with Crippen molar-refractivity contribution in [3.63, 3.8) is 0 Å². The van der Waals surface area contributed by atoms with E-state index >= 15 is 0 Å². The predicted molar refractivity (Wildman–Crippen MR) is 69.6 cm³/mol. The summed E-state index contributed by atoms with van der Waals surface area (Å²) in [5, 5.41) is 4.96. The maximum Gasteiger partial charge on any atom is 0.342 e. The van der Waals surface area contributed by atoms with Crippen molar-refractivity contribution in [3.05, 3.63) is 35.1 Å². The molecule has 0 unspecified atom stereocenters. The highest BCUT2D eigenvalue weighted by Crippen LogP contribution is 2.19. The van der Waals surface area contributed by atoms with Gasteiger partial charge in [-0.2, -0.15) is 5.10 Å². The van der Waals surface area contributed by atoms with Crippen LogP contribution in [0.15, 0.2) is 29.6 Å². The van der Waals surface area contributed by atoms with E-state index < -0.39 is 5.97 Å². The number of rotatable bonds is 3. The van der Waals surface area contributed by atoms with Crippen LogP contribution in [0.1, 0.15) is 17.3 Å². The van der Waals surface area contributed by atoms with Crippen molar-refractivity contribution in [1.29, 1.82) is 0 Å². The van der Waals surface area contributed by atoms with Crippen LogP contribution in [0.2, 0.25) is 5.02 Å². The van der Waals surface area contributed by atoms with Crippen molar-refractivity contribution in [3.8, 4) is 5.82 Å². The van der Waals surface area contributed by atoms with Gasteiger partial charge in [-0.05, 0) is 19.1 Å². The van der Waals surface area contributed by atoms with Crippen molar-refractivity contribution >= 4 is 30.2 Å². The lowest BCUT2D eigenvalue weighted by Crippen LogP contribution is -2.05. The van der Waals surface area contributed by atoms with Gasteiger partial charge in [-0.25, -0.2) is 14.5 Å². The van der Waals surface area contributed by atoms with Crippen molar-refractivity contribution < 1.29 is 9.53 Å². The molecule has 0 aliphatic heterocycles. The third kappa shape index (κ3) is 2.49. The molecule has 0 saturated carbocycles. The van der Waals surface area contributed by atoms with E-state index in [4.69, 9.17) is 16.3 Å². The summed E-state index contributed by atoms with van der Waals surface area (Å²) in [6.07, 6.45) is 2.90. The van der Waals surface area contributed by atoms with Gasteiger partial charge < -0.3 is 4.74 Å². The van der Waals surface area contributed by atoms with Gasteiger partial charge in [0.1, 0.15) is 10.6 Å². The van der Waals surface area contributed by atoms with Gasteiger partial charge in [0.25, 0.3) is 0 Å². The van der Waals surface area contributed by atoms with Gasteiger partial charge in [-0.3, -0.25) is 0 Å². The Hall–Kier alpha value is -1.53.